The molecule has 1 unspecified atom stereocenters. The van der Waals surface area contributed by atoms with E-state index in [1.54, 1.807) is 5.11 Å². The van der Waals surface area contributed by atoms with E-state index in [2.05, 4.69) is 5.32 Å². The first-order valence-electron chi connectivity index (χ1n) is 4.53. The number of nitrogens with zero attached hydrogens (tertiary/aromatic N) is 1. The van der Waals surface area contributed by atoms with E-state index in [9.17, 15) is 4.79 Å². The van der Waals surface area contributed by atoms with Crippen LogP contribution in [0.5, 0.6) is 0 Å². The molecule has 0 aromatic heterocycles. The average Bonchev–Trinajstić information content (AvgIpc) is 2.26. The van der Waals surface area contributed by atoms with Crippen molar-refractivity contribution in [2.75, 3.05) is 5.32 Å². The van der Waals surface area contributed by atoms with E-state index in [0.717, 1.165) is 5.69 Å². The Kier molecular flexibility index (Phi) is 3.79. The van der Waals surface area contributed by atoms with Crippen molar-refractivity contribution in [3.05, 3.63) is 35.9 Å². The minimum atomic E-state index is -0.420. The van der Waals surface area contributed by atoms with E-state index < -0.39 is 11.9 Å². The number of nitrogens with one attached hydrogen (secondary N) is 2. The Morgan fingerprint density at radius 2 is 2.14 bits per heavy atom. The molecule has 0 aliphatic heterocycles. The molecule has 4 nitrogen and oxygen atoms in total. The molecular formula is C10H13N3O. The molecule has 1 amide bonds. The third-order valence-electron chi connectivity index (χ3n) is 1.95. The first-order valence-corrected chi connectivity index (χ1v) is 4.53. The average molecular weight is 191 g/mol. The van der Waals surface area contributed by atoms with E-state index in [-0.39, 0.29) is 0 Å². The van der Waals surface area contributed by atoms with Crippen LogP contribution in [0.4, 0.5) is 5.69 Å². The third-order valence-corrected chi connectivity index (χ3v) is 1.95. The quantitative estimate of drug-likeness (QED) is 0.681. The lowest BCUT2D eigenvalue weighted by Gasteiger charge is -2.11. The third kappa shape index (κ3) is 2.65. The number of para-hydroxylation sites is 1. The highest BCUT2D eigenvalue weighted by Gasteiger charge is 2.17. The summed E-state index contributed by atoms with van der Waals surface area (Å²) in [5, 5.41) is 4.64. The molecule has 14 heavy (non-hydrogen) atoms. The smallest absolute Gasteiger partial charge is 0.396 e. The molecule has 0 spiro atoms. The fourth-order valence-corrected chi connectivity index (χ4v) is 1.17. The Balaban J connectivity index is 2.66. The van der Waals surface area contributed by atoms with E-state index in [1.165, 1.54) is 0 Å². The molecule has 0 saturated heterocycles. The molecule has 0 saturated carbocycles. The van der Waals surface area contributed by atoms with Crippen molar-refractivity contribution >= 4 is 11.6 Å². The van der Waals surface area contributed by atoms with Gasteiger partial charge in [-0.25, -0.2) is 4.79 Å². The Bertz CT molecular complexity index is 310. The fraction of sp³-hybridized carbons (Fsp3) is 0.300. The van der Waals surface area contributed by atoms with E-state index in [0.29, 0.717) is 6.42 Å². The van der Waals surface area contributed by atoms with E-state index >= 15 is 0 Å². The van der Waals surface area contributed by atoms with Crippen molar-refractivity contribution in [1.82, 2.24) is 0 Å². The van der Waals surface area contributed by atoms with Crippen molar-refractivity contribution in [2.45, 2.75) is 19.4 Å². The number of amides is 1. The minimum Gasteiger partial charge on any atom is -0.499 e. The van der Waals surface area contributed by atoms with Crippen LogP contribution in [0.25, 0.3) is 5.53 Å². The number of carbonyl (C=O) groups excluding carboxylic acids is 1. The first-order chi connectivity index (χ1) is 6.77. The zero-order chi connectivity index (χ0) is 10.4. The number of anilines is 1. The van der Waals surface area contributed by atoms with E-state index in [4.69, 9.17) is 5.53 Å². The van der Waals surface area contributed by atoms with Crippen LogP contribution in [0.2, 0.25) is 0 Å². The van der Waals surface area contributed by atoms with Gasteiger partial charge in [-0.05, 0) is 18.6 Å². The lowest BCUT2D eigenvalue weighted by Crippen LogP contribution is -2.73. The Morgan fingerprint density at radius 3 is 2.64 bits per heavy atom. The minimum absolute atomic E-state index is 0.401. The predicted molar refractivity (Wildman–Crippen MR) is 53.5 cm³/mol. The number of rotatable bonds is 4. The molecule has 0 radical (unpaired) electrons. The molecule has 74 valence electrons. The number of hydrogen-bond donors (Lipinski definition) is 2. The lowest BCUT2D eigenvalue weighted by atomic mass is 10.2. The second kappa shape index (κ2) is 5.11. The molecule has 0 heterocycles. The maximum Gasteiger partial charge on any atom is 0.396 e. The van der Waals surface area contributed by atoms with Gasteiger partial charge in [-0.1, -0.05) is 25.1 Å². The monoisotopic (exact) mass is 191 g/mol. The zero-order valence-electron chi connectivity index (χ0n) is 8.03. The molecule has 4 heteroatoms. The van der Waals surface area contributed by atoms with E-state index in [1.807, 2.05) is 37.3 Å². The summed E-state index contributed by atoms with van der Waals surface area (Å²) in [7, 11) is 0. The van der Waals surface area contributed by atoms with Gasteiger partial charge in [-0.2, -0.15) is 0 Å². The molecule has 1 aromatic carbocycles. The lowest BCUT2D eigenvalue weighted by molar-refractivity contribution is -0.399. The standard InChI is InChI=1S/C10H13N3O/c1-2-9(10(14)13-11)12-8-6-4-3-5-7-8/h3-7,9,12-13H,2H2,1H3. The SMILES string of the molecule is CCC(Nc1ccccc1)C(=O)[NH+]=[N-]. The number of benzene rings is 1. The highest BCUT2D eigenvalue weighted by molar-refractivity contribution is 5.75. The van der Waals surface area contributed by atoms with Gasteiger partial charge in [0.25, 0.3) is 0 Å². The van der Waals surface area contributed by atoms with Crippen molar-refractivity contribution in [3.63, 3.8) is 0 Å². The largest absolute Gasteiger partial charge is 0.499 e. The van der Waals surface area contributed by atoms with Crippen LogP contribution in [-0.4, -0.2) is 11.9 Å². The van der Waals surface area contributed by atoms with Gasteiger partial charge < -0.3 is 10.8 Å². The summed E-state index contributed by atoms with van der Waals surface area (Å²) in [4.78, 5) is 11.1. The summed E-state index contributed by atoms with van der Waals surface area (Å²) in [6.07, 6.45) is 0.612. The molecular weight excluding hydrogens is 178 g/mol. The maximum atomic E-state index is 11.1. The molecule has 1 rings (SSSR count). The van der Waals surface area contributed by atoms with Crippen LogP contribution >= 0.6 is 0 Å². The summed E-state index contributed by atoms with van der Waals surface area (Å²) in [5.74, 6) is -0.420. The van der Waals surface area contributed by atoms with Crippen LogP contribution in [0.15, 0.2) is 30.3 Å². The Morgan fingerprint density at radius 1 is 1.50 bits per heavy atom. The topological polar surface area (TPSA) is 65.4 Å². The van der Waals surface area contributed by atoms with Crippen LogP contribution in [-0.2, 0) is 4.79 Å². The highest BCUT2D eigenvalue weighted by Crippen LogP contribution is 2.07. The molecule has 0 fully saturated rings. The second-order valence-corrected chi connectivity index (χ2v) is 2.95. The molecule has 2 N–H and O–H groups in total. The Labute approximate surface area is 82.8 Å². The summed E-state index contributed by atoms with van der Waals surface area (Å²) in [6.45, 7) is 1.87. The van der Waals surface area contributed by atoms with Crippen LogP contribution in [0, 0.1) is 0 Å². The highest BCUT2D eigenvalue weighted by atomic mass is 16.2. The van der Waals surface area contributed by atoms with Crippen LogP contribution in [0.3, 0.4) is 0 Å². The van der Waals surface area contributed by atoms with Gasteiger partial charge in [0, 0.05) is 5.69 Å². The molecule has 0 aliphatic carbocycles. The van der Waals surface area contributed by atoms with Gasteiger partial charge in [0.05, 0.1) is 0 Å². The zero-order valence-corrected chi connectivity index (χ0v) is 8.03. The van der Waals surface area contributed by atoms with Gasteiger partial charge in [0.1, 0.15) is 0 Å². The van der Waals surface area contributed by atoms with Crippen LogP contribution < -0.4 is 10.4 Å². The normalized spacial score (nSPS) is 11.8. The molecule has 0 bridgehead atoms. The summed E-state index contributed by atoms with van der Waals surface area (Å²) >= 11 is 0. The van der Waals surface area contributed by atoms with Crippen molar-refractivity contribution in [2.24, 2.45) is 0 Å². The first kappa shape index (κ1) is 10.4. The van der Waals surface area contributed by atoms with Crippen molar-refractivity contribution in [1.29, 1.82) is 0 Å². The van der Waals surface area contributed by atoms with Crippen molar-refractivity contribution in [3.8, 4) is 0 Å². The van der Waals surface area contributed by atoms with Gasteiger partial charge >= 0.3 is 5.91 Å². The predicted octanol–water partition coefficient (Wildman–Crippen LogP) is 0.506. The summed E-state index contributed by atoms with van der Waals surface area (Å²) in [6, 6.07) is 9.00. The van der Waals surface area contributed by atoms with Gasteiger partial charge in [0.2, 0.25) is 0 Å². The second-order valence-electron chi connectivity index (χ2n) is 2.95. The molecule has 1 atom stereocenters. The van der Waals surface area contributed by atoms with Gasteiger partial charge in [-0.3, -0.25) is 5.11 Å². The Hall–Kier alpha value is -1.71. The summed E-state index contributed by atoms with van der Waals surface area (Å²) < 4.78 is 0. The van der Waals surface area contributed by atoms with Crippen LogP contribution in [0.1, 0.15) is 13.3 Å². The maximum absolute atomic E-state index is 11.1. The molecule has 1 aromatic rings. The number of carbonyl (C=O) groups is 1. The molecule has 0 aliphatic rings. The van der Waals surface area contributed by atoms with Gasteiger partial charge in [0.15, 0.2) is 6.04 Å². The van der Waals surface area contributed by atoms with Crippen molar-refractivity contribution < 1.29 is 9.91 Å². The van der Waals surface area contributed by atoms with Gasteiger partial charge in [-0.15, -0.1) is 0 Å². The summed E-state index contributed by atoms with van der Waals surface area (Å²) in [5.41, 5.74) is 9.34. The fourth-order valence-electron chi connectivity index (χ4n) is 1.17. The number of hydrogen-bond acceptors (Lipinski definition) is 2.